The second kappa shape index (κ2) is 8.90. The molecule has 0 unspecified atom stereocenters. The second-order valence-electron chi connectivity index (χ2n) is 7.34. The van der Waals surface area contributed by atoms with Crippen molar-refractivity contribution in [1.29, 1.82) is 0 Å². The predicted molar refractivity (Wildman–Crippen MR) is 107 cm³/mol. The summed E-state index contributed by atoms with van der Waals surface area (Å²) in [5.74, 6) is -0.177. The number of hydrogen-bond donors (Lipinski definition) is 0. The Balaban J connectivity index is 1.61. The third-order valence-electron chi connectivity index (χ3n) is 5.52. The lowest BCUT2D eigenvalue weighted by Crippen LogP contribution is -2.53. The summed E-state index contributed by atoms with van der Waals surface area (Å²) < 4.78 is 27.2. The molecule has 0 radical (unpaired) electrons. The summed E-state index contributed by atoms with van der Waals surface area (Å²) in [7, 11) is -3.45. The van der Waals surface area contributed by atoms with Crippen LogP contribution in [0.25, 0.3) is 0 Å². The maximum atomic E-state index is 12.9. The maximum absolute atomic E-state index is 12.9. The first-order chi connectivity index (χ1) is 12.9. The molecule has 2 aliphatic heterocycles. The van der Waals surface area contributed by atoms with Crippen molar-refractivity contribution in [2.75, 3.05) is 45.8 Å². The lowest BCUT2D eigenvalue weighted by Gasteiger charge is -2.38. The molecule has 0 aliphatic carbocycles. The van der Waals surface area contributed by atoms with E-state index in [9.17, 15) is 13.2 Å². The Hall–Kier alpha value is -1.15. The Morgan fingerprint density at radius 3 is 2.41 bits per heavy atom. The molecule has 2 saturated heterocycles. The number of amides is 1. The van der Waals surface area contributed by atoms with Crippen LogP contribution >= 0.6 is 11.6 Å². The lowest BCUT2D eigenvalue weighted by atomic mass is 9.98. The number of carbonyl (C=O) groups excluding carboxylic acids is 1. The molecule has 1 atom stereocenters. The quantitative estimate of drug-likeness (QED) is 0.741. The van der Waals surface area contributed by atoms with E-state index in [0.717, 1.165) is 45.6 Å². The summed E-state index contributed by atoms with van der Waals surface area (Å²) >= 11 is 5.87. The minimum atomic E-state index is -3.45. The van der Waals surface area contributed by atoms with E-state index in [0.29, 0.717) is 23.7 Å². The summed E-state index contributed by atoms with van der Waals surface area (Å²) in [6, 6.07) is 6.87. The molecule has 2 heterocycles. The standard InChI is InChI=1S/C19H28ClN3O3S/c1-2-21-10-12-22(13-11-21)19(24)17-4-3-9-23(14-17)27(25,26)15-16-5-7-18(20)8-6-16/h5-8,17H,2-4,9-15H2,1H3/t17-/m1/s1. The van der Waals surface area contributed by atoms with Gasteiger partial charge in [0, 0.05) is 44.3 Å². The smallest absolute Gasteiger partial charge is 0.227 e. The molecule has 0 spiro atoms. The van der Waals surface area contributed by atoms with E-state index in [2.05, 4.69) is 11.8 Å². The fourth-order valence-electron chi connectivity index (χ4n) is 3.82. The molecule has 1 amide bonds. The van der Waals surface area contributed by atoms with Crippen LogP contribution in [0.2, 0.25) is 5.02 Å². The highest BCUT2D eigenvalue weighted by atomic mass is 35.5. The number of halogens is 1. The van der Waals surface area contributed by atoms with Crippen LogP contribution < -0.4 is 0 Å². The fourth-order valence-corrected chi connectivity index (χ4v) is 5.56. The molecule has 2 aliphatic rings. The number of piperidine rings is 1. The van der Waals surface area contributed by atoms with E-state index in [1.165, 1.54) is 4.31 Å². The van der Waals surface area contributed by atoms with Crippen molar-refractivity contribution in [2.24, 2.45) is 5.92 Å². The SMILES string of the molecule is CCN1CCN(C(=O)[C@@H]2CCCN(S(=O)(=O)Cc3ccc(Cl)cc3)C2)CC1. The monoisotopic (exact) mass is 413 g/mol. The Labute approximate surface area is 167 Å². The van der Waals surface area contributed by atoms with Crippen molar-refractivity contribution in [3.05, 3.63) is 34.9 Å². The van der Waals surface area contributed by atoms with Gasteiger partial charge in [0.05, 0.1) is 11.7 Å². The van der Waals surface area contributed by atoms with Crippen molar-refractivity contribution in [2.45, 2.75) is 25.5 Å². The van der Waals surface area contributed by atoms with Gasteiger partial charge in [-0.15, -0.1) is 0 Å². The zero-order valence-corrected chi connectivity index (χ0v) is 17.4. The van der Waals surface area contributed by atoms with Crippen molar-refractivity contribution >= 4 is 27.5 Å². The normalized spacial score (nSPS) is 22.7. The highest BCUT2D eigenvalue weighted by molar-refractivity contribution is 7.88. The topological polar surface area (TPSA) is 60.9 Å². The first-order valence-corrected chi connectivity index (χ1v) is 11.6. The minimum Gasteiger partial charge on any atom is -0.340 e. The van der Waals surface area contributed by atoms with Gasteiger partial charge in [-0.25, -0.2) is 12.7 Å². The Morgan fingerprint density at radius 1 is 1.11 bits per heavy atom. The van der Waals surface area contributed by atoms with Crippen LogP contribution in [0.5, 0.6) is 0 Å². The van der Waals surface area contributed by atoms with Crippen LogP contribution in [0.3, 0.4) is 0 Å². The van der Waals surface area contributed by atoms with Gasteiger partial charge in [0.25, 0.3) is 0 Å². The molecule has 1 aromatic carbocycles. The summed E-state index contributed by atoms with van der Waals surface area (Å²) in [5.41, 5.74) is 0.712. The number of benzene rings is 1. The molecule has 0 N–H and O–H groups in total. The van der Waals surface area contributed by atoms with Crippen molar-refractivity contribution in [1.82, 2.24) is 14.1 Å². The zero-order valence-electron chi connectivity index (χ0n) is 15.8. The van der Waals surface area contributed by atoms with E-state index < -0.39 is 10.0 Å². The van der Waals surface area contributed by atoms with Gasteiger partial charge >= 0.3 is 0 Å². The molecule has 0 saturated carbocycles. The summed E-state index contributed by atoms with van der Waals surface area (Å²) in [4.78, 5) is 17.1. The molecule has 27 heavy (non-hydrogen) atoms. The largest absolute Gasteiger partial charge is 0.340 e. The predicted octanol–water partition coefficient (Wildman–Crippen LogP) is 2.05. The summed E-state index contributed by atoms with van der Waals surface area (Å²) in [6.07, 6.45) is 1.49. The number of nitrogens with zero attached hydrogens (tertiary/aromatic N) is 3. The highest BCUT2D eigenvalue weighted by Gasteiger charge is 2.35. The van der Waals surface area contributed by atoms with E-state index in [4.69, 9.17) is 11.6 Å². The fraction of sp³-hybridized carbons (Fsp3) is 0.632. The van der Waals surface area contributed by atoms with E-state index >= 15 is 0 Å². The summed E-state index contributed by atoms with van der Waals surface area (Å²) in [5, 5.41) is 0.586. The third kappa shape index (κ3) is 5.22. The molecule has 0 aromatic heterocycles. The highest BCUT2D eigenvalue weighted by Crippen LogP contribution is 2.24. The third-order valence-corrected chi connectivity index (χ3v) is 7.59. The van der Waals surface area contributed by atoms with Gasteiger partial charge in [-0.2, -0.15) is 0 Å². The van der Waals surface area contributed by atoms with Gasteiger partial charge in [-0.3, -0.25) is 4.79 Å². The van der Waals surface area contributed by atoms with Gasteiger partial charge in [0.2, 0.25) is 15.9 Å². The van der Waals surface area contributed by atoms with Crippen LogP contribution in [-0.4, -0.2) is 74.2 Å². The molecule has 8 heteroatoms. The molecule has 2 fully saturated rings. The van der Waals surface area contributed by atoms with Gasteiger partial charge in [0.15, 0.2) is 0 Å². The molecule has 0 bridgehead atoms. The van der Waals surface area contributed by atoms with Crippen molar-refractivity contribution in [3.8, 4) is 0 Å². The van der Waals surface area contributed by atoms with Crippen LogP contribution in [0.4, 0.5) is 0 Å². The van der Waals surface area contributed by atoms with Crippen molar-refractivity contribution < 1.29 is 13.2 Å². The van der Waals surface area contributed by atoms with E-state index in [1.807, 2.05) is 4.90 Å². The number of rotatable bonds is 5. The Kier molecular flexibility index (Phi) is 6.78. The van der Waals surface area contributed by atoms with E-state index in [-0.39, 0.29) is 17.6 Å². The average molecular weight is 414 g/mol. The van der Waals surface area contributed by atoms with Crippen LogP contribution in [0.15, 0.2) is 24.3 Å². The molecule has 3 rings (SSSR count). The van der Waals surface area contributed by atoms with Gasteiger partial charge in [0.1, 0.15) is 0 Å². The van der Waals surface area contributed by atoms with Gasteiger partial charge < -0.3 is 9.80 Å². The molecular weight excluding hydrogens is 386 g/mol. The number of likely N-dealkylation sites (N-methyl/N-ethyl adjacent to an activating group) is 1. The average Bonchev–Trinajstić information content (AvgIpc) is 2.69. The number of carbonyl (C=O) groups is 1. The number of hydrogen-bond acceptors (Lipinski definition) is 4. The lowest BCUT2D eigenvalue weighted by molar-refractivity contribution is -0.138. The summed E-state index contributed by atoms with van der Waals surface area (Å²) in [6.45, 7) is 7.18. The maximum Gasteiger partial charge on any atom is 0.227 e. The molecule has 6 nitrogen and oxygen atoms in total. The van der Waals surface area contributed by atoms with Crippen LogP contribution in [0.1, 0.15) is 25.3 Å². The molecule has 150 valence electrons. The zero-order chi connectivity index (χ0) is 19.4. The first kappa shape index (κ1) is 20.6. The number of sulfonamides is 1. The number of piperazine rings is 1. The Bertz CT molecular complexity index is 746. The van der Waals surface area contributed by atoms with Crippen LogP contribution in [0, 0.1) is 5.92 Å². The molecule has 1 aromatic rings. The van der Waals surface area contributed by atoms with Crippen LogP contribution in [-0.2, 0) is 20.6 Å². The molecular formula is C19H28ClN3O3S. The Morgan fingerprint density at radius 2 is 1.78 bits per heavy atom. The van der Waals surface area contributed by atoms with Gasteiger partial charge in [-0.1, -0.05) is 30.7 Å². The minimum absolute atomic E-state index is 0.0553. The van der Waals surface area contributed by atoms with Gasteiger partial charge in [-0.05, 0) is 37.1 Å². The van der Waals surface area contributed by atoms with E-state index in [1.54, 1.807) is 24.3 Å². The second-order valence-corrected chi connectivity index (χ2v) is 9.74. The first-order valence-electron chi connectivity index (χ1n) is 9.62. The van der Waals surface area contributed by atoms with Crippen molar-refractivity contribution in [3.63, 3.8) is 0 Å².